The first-order valence-electron chi connectivity index (χ1n) is 11.5. The number of hydrogen-bond donors (Lipinski definition) is 0. The Labute approximate surface area is 211 Å². The van der Waals surface area contributed by atoms with Gasteiger partial charge in [0.05, 0.1) is 41.7 Å². The van der Waals surface area contributed by atoms with Gasteiger partial charge in [0, 0.05) is 5.56 Å². The summed E-state index contributed by atoms with van der Waals surface area (Å²) in [6, 6.07) is 10.4. The largest absolute Gasteiger partial charge is 0.493 e. The molecule has 0 spiro atoms. The summed E-state index contributed by atoms with van der Waals surface area (Å²) in [5, 5.41) is 0. The number of fused-ring (bicyclic) bond motifs is 1. The Bertz CT molecular complexity index is 1500. The van der Waals surface area contributed by atoms with Crippen molar-refractivity contribution in [3.05, 3.63) is 90.4 Å². The average Bonchev–Trinajstić information content (AvgIpc) is 3.14. The Morgan fingerprint density at radius 3 is 2.58 bits per heavy atom. The first-order valence-corrected chi connectivity index (χ1v) is 12.4. The number of hydrogen-bond acceptors (Lipinski definition) is 7. The number of allylic oxidation sites excluding steroid dienone is 1. The summed E-state index contributed by atoms with van der Waals surface area (Å²) in [6.45, 7) is 7.40. The molecule has 2 aromatic carbocycles. The molecule has 7 nitrogen and oxygen atoms in total. The van der Waals surface area contributed by atoms with Crippen molar-refractivity contribution in [2.75, 3.05) is 13.7 Å². The second kappa shape index (κ2) is 10.5. The summed E-state index contributed by atoms with van der Waals surface area (Å²) in [5.41, 5.74) is 1.61. The fourth-order valence-corrected chi connectivity index (χ4v) is 5.10. The van der Waals surface area contributed by atoms with Crippen LogP contribution in [0.2, 0.25) is 0 Å². The molecule has 4 rings (SSSR count). The van der Waals surface area contributed by atoms with Crippen molar-refractivity contribution >= 4 is 23.4 Å². The number of ether oxygens (including phenoxy) is 3. The van der Waals surface area contributed by atoms with E-state index in [2.05, 4.69) is 4.99 Å². The zero-order valence-corrected chi connectivity index (χ0v) is 21.5. The summed E-state index contributed by atoms with van der Waals surface area (Å²) < 4.78 is 32.3. The van der Waals surface area contributed by atoms with Crippen molar-refractivity contribution < 1.29 is 23.4 Å². The van der Waals surface area contributed by atoms with Crippen LogP contribution in [-0.4, -0.2) is 30.4 Å². The summed E-state index contributed by atoms with van der Waals surface area (Å²) in [5.74, 6) is 0.0946. The van der Waals surface area contributed by atoms with Crippen LogP contribution in [0.4, 0.5) is 4.39 Å². The second-order valence-corrected chi connectivity index (χ2v) is 9.41. The SMILES string of the molecule is CCOC(=O)C1=C(C)N=c2s/c(=C\c3cccc(OC)c3OC(C)C)c(=O)n2[C@H]1c1ccc(F)cc1. The molecule has 1 atom stereocenters. The molecule has 3 aromatic rings. The molecule has 0 radical (unpaired) electrons. The van der Waals surface area contributed by atoms with E-state index in [-0.39, 0.29) is 23.8 Å². The number of carbonyl (C=O) groups excluding carboxylic acids is 1. The molecular formula is C27H27FN2O5S. The Hall–Kier alpha value is -3.72. The highest BCUT2D eigenvalue weighted by molar-refractivity contribution is 7.07. The third-order valence-corrected chi connectivity index (χ3v) is 6.56. The number of carbonyl (C=O) groups is 1. The summed E-state index contributed by atoms with van der Waals surface area (Å²) in [4.78, 5) is 31.7. The lowest BCUT2D eigenvalue weighted by molar-refractivity contribution is -0.139. The zero-order chi connectivity index (χ0) is 26.0. The van der Waals surface area contributed by atoms with E-state index in [0.717, 1.165) is 0 Å². The van der Waals surface area contributed by atoms with Crippen LogP contribution in [0, 0.1) is 5.82 Å². The fraction of sp³-hybridized carbons (Fsp3) is 0.296. The van der Waals surface area contributed by atoms with E-state index in [1.165, 1.54) is 28.0 Å². The van der Waals surface area contributed by atoms with Gasteiger partial charge in [-0.1, -0.05) is 35.6 Å². The first-order chi connectivity index (χ1) is 17.2. The lowest BCUT2D eigenvalue weighted by Crippen LogP contribution is -2.39. The minimum absolute atomic E-state index is 0.108. The maximum Gasteiger partial charge on any atom is 0.338 e. The topological polar surface area (TPSA) is 79.1 Å². The summed E-state index contributed by atoms with van der Waals surface area (Å²) in [7, 11) is 1.56. The molecule has 36 heavy (non-hydrogen) atoms. The van der Waals surface area contributed by atoms with Crippen LogP contribution in [-0.2, 0) is 9.53 Å². The third-order valence-electron chi connectivity index (χ3n) is 5.57. The van der Waals surface area contributed by atoms with Crippen LogP contribution in [0.5, 0.6) is 11.5 Å². The van der Waals surface area contributed by atoms with Crippen LogP contribution in [0.15, 0.2) is 63.5 Å². The summed E-state index contributed by atoms with van der Waals surface area (Å²) in [6.07, 6.45) is 1.62. The van der Waals surface area contributed by atoms with Gasteiger partial charge in [-0.05, 0) is 57.5 Å². The number of para-hydroxylation sites is 1. The van der Waals surface area contributed by atoms with Crippen molar-refractivity contribution in [2.24, 2.45) is 4.99 Å². The van der Waals surface area contributed by atoms with Crippen LogP contribution >= 0.6 is 11.3 Å². The van der Waals surface area contributed by atoms with Crippen molar-refractivity contribution in [1.82, 2.24) is 4.57 Å². The molecule has 1 aliphatic heterocycles. The maximum atomic E-state index is 13.8. The Balaban J connectivity index is 1.95. The molecule has 1 aromatic heterocycles. The predicted octanol–water partition coefficient (Wildman–Crippen LogP) is 3.73. The van der Waals surface area contributed by atoms with Gasteiger partial charge in [-0.25, -0.2) is 14.2 Å². The molecule has 0 unspecified atom stereocenters. The lowest BCUT2D eigenvalue weighted by atomic mass is 9.96. The minimum atomic E-state index is -0.806. The molecule has 0 aliphatic carbocycles. The molecule has 0 saturated carbocycles. The van der Waals surface area contributed by atoms with Crippen molar-refractivity contribution in [3.63, 3.8) is 0 Å². The predicted molar refractivity (Wildman–Crippen MR) is 136 cm³/mol. The highest BCUT2D eigenvalue weighted by Crippen LogP contribution is 2.33. The smallest absolute Gasteiger partial charge is 0.338 e. The highest BCUT2D eigenvalue weighted by atomic mass is 32.1. The standard InChI is InChI=1S/C27H27FN2O5S/c1-6-34-26(32)22-16(4)29-27-30(23(22)17-10-12-19(28)13-11-17)25(31)21(36-27)14-18-8-7-9-20(33-5)24(18)35-15(2)3/h7-15,23H,6H2,1-5H3/b21-14-/t23-/m0/s1. The molecule has 1 aliphatic rings. The van der Waals surface area contributed by atoms with E-state index in [1.54, 1.807) is 45.2 Å². The van der Waals surface area contributed by atoms with Gasteiger partial charge in [-0.2, -0.15) is 0 Å². The van der Waals surface area contributed by atoms with Crippen molar-refractivity contribution in [3.8, 4) is 11.5 Å². The van der Waals surface area contributed by atoms with E-state index in [4.69, 9.17) is 14.2 Å². The number of nitrogens with zero attached hydrogens (tertiary/aromatic N) is 2. The van der Waals surface area contributed by atoms with E-state index in [0.29, 0.717) is 37.7 Å². The first kappa shape index (κ1) is 25.4. The lowest BCUT2D eigenvalue weighted by Gasteiger charge is -2.24. The van der Waals surface area contributed by atoms with Gasteiger partial charge in [0.15, 0.2) is 16.3 Å². The van der Waals surface area contributed by atoms with Crippen LogP contribution < -0.4 is 24.4 Å². The quantitative estimate of drug-likeness (QED) is 0.453. The molecule has 188 valence electrons. The van der Waals surface area contributed by atoms with Crippen LogP contribution in [0.25, 0.3) is 6.08 Å². The van der Waals surface area contributed by atoms with Gasteiger partial charge in [0.2, 0.25) is 0 Å². The van der Waals surface area contributed by atoms with Gasteiger partial charge in [-0.15, -0.1) is 0 Å². The van der Waals surface area contributed by atoms with Gasteiger partial charge in [0.25, 0.3) is 5.56 Å². The fourth-order valence-electron chi connectivity index (χ4n) is 4.06. The zero-order valence-electron chi connectivity index (χ0n) is 20.7. The third kappa shape index (κ3) is 4.83. The number of esters is 1. The Morgan fingerprint density at radius 2 is 1.94 bits per heavy atom. The van der Waals surface area contributed by atoms with Crippen molar-refractivity contribution in [1.29, 1.82) is 0 Å². The van der Waals surface area contributed by atoms with Gasteiger partial charge >= 0.3 is 5.97 Å². The molecule has 9 heteroatoms. The Kier molecular flexibility index (Phi) is 7.40. The molecule has 0 bridgehead atoms. The Morgan fingerprint density at radius 1 is 1.22 bits per heavy atom. The molecule has 0 N–H and O–H groups in total. The summed E-state index contributed by atoms with van der Waals surface area (Å²) >= 11 is 1.20. The van der Waals surface area contributed by atoms with E-state index in [1.807, 2.05) is 26.0 Å². The highest BCUT2D eigenvalue weighted by Gasteiger charge is 2.33. The van der Waals surface area contributed by atoms with Gasteiger partial charge < -0.3 is 14.2 Å². The number of methoxy groups -OCH3 is 1. The average molecular weight is 511 g/mol. The van der Waals surface area contributed by atoms with Crippen LogP contribution in [0.3, 0.4) is 0 Å². The van der Waals surface area contributed by atoms with Crippen LogP contribution in [0.1, 0.15) is 44.9 Å². The number of thiazole rings is 1. The van der Waals surface area contributed by atoms with E-state index in [9.17, 15) is 14.0 Å². The van der Waals surface area contributed by atoms with Gasteiger partial charge in [-0.3, -0.25) is 9.36 Å². The molecule has 0 fully saturated rings. The molecule has 0 saturated heterocycles. The minimum Gasteiger partial charge on any atom is -0.493 e. The van der Waals surface area contributed by atoms with E-state index < -0.39 is 17.8 Å². The number of benzene rings is 2. The number of rotatable bonds is 7. The normalized spacial score (nSPS) is 15.5. The number of aromatic nitrogens is 1. The van der Waals surface area contributed by atoms with Crippen molar-refractivity contribution in [2.45, 2.75) is 39.8 Å². The molecule has 0 amide bonds. The number of halogens is 1. The maximum absolute atomic E-state index is 13.8. The monoisotopic (exact) mass is 510 g/mol. The van der Waals surface area contributed by atoms with E-state index >= 15 is 0 Å². The second-order valence-electron chi connectivity index (χ2n) is 8.40. The molecular weight excluding hydrogens is 483 g/mol. The molecule has 2 heterocycles. The van der Waals surface area contributed by atoms with Gasteiger partial charge in [0.1, 0.15) is 5.82 Å².